The first kappa shape index (κ1) is 21.1. The summed E-state index contributed by atoms with van der Waals surface area (Å²) >= 11 is 7.88. The van der Waals surface area contributed by atoms with Crippen molar-refractivity contribution in [1.82, 2.24) is 20.5 Å². The summed E-state index contributed by atoms with van der Waals surface area (Å²) in [7, 11) is 0. The third kappa shape index (κ3) is 5.18. The summed E-state index contributed by atoms with van der Waals surface area (Å²) in [6, 6.07) is 17.5. The number of nitrogens with zero attached hydrogens (tertiary/aromatic N) is 2. The monoisotopic (exact) mass is 452 g/mol. The number of fused-ring (bicyclic) bond motifs is 1. The van der Waals surface area contributed by atoms with Gasteiger partial charge in [-0.3, -0.25) is 4.90 Å². The highest BCUT2D eigenvalue weighted by molar-refractivity contribution is 7.15. The molecular formula is C25H29ClN4S. The Balaban J connectivity index is 1.22. The molecule has 1 fully saturated rings. The van der Waals surface area contributed by atoms with Gasteiger partial charge in [0.15, 0.2) is 0 Å². The van der Waals surface area contributed by atoms with E-state index in [2.05, 4.69) is 51.9 Å². The second-order valence-corrected chi connectivity index (χ2v) is 9.97. The van der Waals surface area contributed by atoms with Gasteiger partial charge in [0.25, 0.3) is 0 Å². The predicted molar refractivity (Wildman–Crippen MR) is 130 cm³/mol. The zero-order valence-corrected chi connectivity index (χ0v) is 19.3. The van der Waals surface area contributed by atoms with Crippen LogP contribution in [-0.4, -0.2) is 36.1 Å². The molecule has 0 saturated carbocycles. The molecule has 2 aliphatic rings. The molecule has 2 aromatic carbocycles. The van der Waals surface area contributed by atoms with Crippen LogP contribution < -0.4 is 10.6 Å². The van der Waals surface area contributed by atoms with Crippen LogP contribution in [0.5, 0.6) is 0 Å². The topological polar surface area (TPSA) is 40.2 Å². The molecule has 1 aliphatic heterocycles. The number of hydrogen-bond donors (Lipinski definition) is 2. The van der Waals surface area contributed by atoms with Crippen molar-refractivity contribution in [2.75, 3.05) is 26.2 Å². The van der Waals surface area contributed by atoms with Gasteiger partial charge in [0, 0.05) is 60.8 Å². The Morgan fingerprint density at radius 3 is 2.55 bits per heavy atom. The number of piperazine rings is 1. The maximum Gasteiger partial charge on any atom is 0.123 e. The zero-order valence-electron chi connectivity index (χ0n) is 17.7. The van der Waals surface area contributed by atoms with Gasteiger partial charge < -0.3 is 10.6 Å². The Hall–Kier alpha value is -1.76. The molecule has 1 atom stereocenters. The standard InChI is InChI=1S/C25H29ClN4S/c26-21-10-8-20(9-11-21)25-29-23-3-1-2-22(24(23)31-25)28-16-18-4-6-19(7-5-18)17-30-14-12-27-13-15-30/h4-11,22,27-28H,1-3,12-17H2. The van der Waals surface area contributed by atoms with Crippen molar-refractivity contribution in [3.8, 4) is 10.6 Å². The van der Waals surface area contributed by atoms with Crippen LogP contribution in [0.4, 0.5) is 0 Å². The number of aryl methyl sites for hydroxylation is 1. The van der Waals surface area contributed by atoms with Crippen molar-refractivity contribution in [2.45, 2.75) is 38.4 Å². The van der Waals surface area contributed by atoms with Crippen LogP contribution >= 0.6 is 22.9 Å². The van der Waals surface area contributed by atoms with Gasteiger partial charge in [0.2, 0.25) is 0 Å². The fraction of sp³-hybridized carbons (Fsp3) is 0.400. The molecule has 6 heteroatoms. The molecule has 4 nitrogen and oxygen atoms in total. The summed E-state index contributed by atoms with van der Waals surface area (Å²) in [6.07, 6.45) is 3.45. The molecule has 1 unspecified atom stereocenters. The molecule has 1 aliphatic carbocycles. The lowest BCUT2D eigenvalue weighted by atomic mass is 9.97. The smallest absolute Gasteiger partial charge is 0.123 e. The highest BCUT2D eigenvalue weighted by Gasteiger charge is 2.24. The first-order valence-corrected chi connectivity index (χ1v) is 12.4. The molecule has 5 rings (SSSR count). The second kappa shape index (κ2) is 9.80. The molecular weight excluding hydrogens is 424 g/mol. The average Bonchev–Trinajstić information content (AvgIpc) is 3.25. The first-order chi connectivity index (χ1) is 15.2. The van der Waals surface area contributed by atoms with Gasteiger partial charge in [-0.25, -0.2) is 4.98 Å². The molecule has 3 aromatic rings. The number of benzene rings is 2. The molecule has 1 saturated heterocycles. The molecule has 0 radical (unpaired) electrons. The van der Waals surface area contributed by atoms with E-state index in [1.54, 1.807) is 0 Å². The molecule has 2 heterocycles. The summed E-state index contributed by atoms with van der Waals surface area (Å²) in [6.45, 7) is 6.42. The Morgan fingerprint density at radius 2 is 1.77 bits per heavy atom. The lowest BCUT2D eigenvalue weighted by Gasteiger charge is -2.27. The van der Waals surface area contributed by atoms with Gasteiger partial charge in [-0.2, -0.15) is 0 Å². The van der Waals surface area contributed by atoms with Crippen molar-refractivity contribution in [3.05, 3.63) is 75.3 Å². The van der Waals surface area contributed by atoms with Gasteiger partial charge in [-0.15, -0.1) is 11.3 Å². The Labute approximate surface area is 193 Å². The predicted octanol–water partition coefficient (Wildman–Crippen LogP) is 5.04. The lowest BCUT2D eigenvalue weighted by molar-refractivity contribution is 0.233. The largest absolute Gasteiger partial charge is 0.314 e. The van der Waals surface area contributed by atoms with Gasteiger partial charge in [0.1, 0.15) is 5.01 Å². The van der Waals surface area contributed by atoms with Crippen LogP contribution in [0.15, 0.2) is 48.5 Å². The van der Waals surface area contributed by atoms with Gasteiger partial charge >= 0.3 is 0 Å². The quantitative estimate of drug-likeness (QED) is 0.550. The van der Waals surface area contributed by atoms with E-state index in [0.717, 1.165) is 61.3 Å². The minimum atomic E-state index is 0.392. The first-order valence-electron chi connectivity index (χ1n) is 11.2. The minimum Gasteiger partial charge on any atom is -0.314 e. The molecule has 31 heavy (non-hydrogen) atoms. The third-order valence-electron chi connectivity index (χ3n) is 6.23. The number of hydrogen-bond acceptors (Lipinski definition) is 5. The zero-order chi connectivity index (χ0) is 21.0. The van der Waals surface area contributed by atoms with E-state index in [1.807, 2.05) is 23.5 Å². The number of halogens is 1. The number of aromatic nitrogens is 1. The summed E-state index contributed by atoms with van der Waals surface area (Å²) in [5, 5.41) is 9.09. The van der Waals surface area contributed by atoms with Crippen LogP contribution in [0.1, 0.15) is 40.6 Å². The maximum atomic E-state index is 6.05. The van der Waals surface area contributed by atoms with Gasteiger partial charge in [0.05, 0.1) is 5.69 Å². The molecule has 0 amide bonds. The Kier molecular flexibility index (Phi) is 6.67. The van der Waals surface area contributed by atoms with Crippen LogP contribution in [0.3, 0.4) is 0 Å². The second-order valence-electron chi connectivity index (χ2n) is 8.51. The Morgan fingerprint density at radius 1 is 1.03 bits per heavy atom. The van der Waals surface area contributed by atoms with Crippen LogP contribution in [-0.2, 0) is 19.5 Å². The van der Waals surface area contributed by atoms with E-state index in [4.69, 9.17) is 16.6 Å². The van der Waals surface area contributed by atoms with Crippen LogP contribution in [0, 0.1) is 0 Å². The highest BCUT2D eigenvalue weighted by atomic mass is 35.5. The summed E-state index contributed by atoms with van der Waals surface area (Å²) in [4.78, 5) is 8.88. The minimum absolute atomic E-state index is 0.392. The van der Waals surface area contributed by atoms with E-state index >= 15 is 0 Å². The fourth-order valence-corrected chi connectivity index (χ4v) is 5.81. The average molecular weight is 453 g/mol. The fourth-order valence-electron chi connectivity index (χ4n) is 4.46. The van der Waals surface area contributed by atoms with E-state index in [1.165, 1.54) is 34.5 Å². The molecule has 1 aromatic heterocycles. The summed E-state index contributed by atoms with van der Waals surface area (Å²) in [5.74, 6) is 0. The van der Waals surface area contributed by atoms with Crippen molar-refractivity contribution < 1.29 is 0 Å². The van der Waals surface area contributed by atoms with E-state index in [-0.39, 0.29) is 0 Å². The highest BCUT2D eigenvalue weighted by Crippen LogP contribution is 2.38. The van der Waals surface area contributed by atoms with Crippen molar-refractivity contribution in [2.24, 2.45) is 0 Å². The summed E-state index contributed by atoms with van der Waals surface area (Å²) in [5.41, 5.74) is 5.17. The molecule has 0 bridgehead atoms. The SMILES string of the molecule is Clc1ccc(-c2nc3c(s2)C(NCc2ccc(CN4CCNCC4)cc2)CCC3)cc1. The number of thiazole rings is 1. The van der Waals surface area contributed by atoms with Gasteiger partial charge in [-0.1, -0.05) is 48.0 Å². The van der Waals surface area contributed by atoms with Crippen LogP contribution in [0.25, 0.3) is 10.6 Å². The molecule has 2 N–H and O–H groups in total. The number of nitrogens with one attached hydrogen (secondary N) is 2. The third-order valence-corrected chi connectivity index (χ3v) is 7.75. The van der Waals surface area contributed by atoms with Crippen molar-refractivity contribution in [3.63, 3.8) is 0 Å². The van der Waals surface area contributed by atoms with E-state index in [9.17, 15) is 0 Å². The molecule has 0 spiro atoms. The van der Waals surface area contributed by atoms with Crippen LogP contribution in [0.2, 0.25) is 5.02 Å². The van der Waals surface area contributed by atoms with E-state index in [0.29, 0.717) is 6.04 Å². The summed E-state index contributed by atoms with van der Waals surface area (Å²) < 4.78 is 0. The van der Waals surface area contributed by atoms with Crippen molar-refractivity contribution in [1.29, 1.82) is 0 Å². The van der Waals surface area contributed by atoms with E-state index < -0.39 is 0 Å². The number of rotatable bonds is 6. The Bertz CT molecular complexity index is 993. The van der Waals surface area contributed by atoms with Gasteiger partial charge in [-0.05, 0) is 42.5 Å². The lowest BCUT2D eigenvalue weighted by Crippen LogP contribution is -2.42. The van der Waals surface area contributed by atoms with Crippen molar-refractivity contribution >= 4 is 22.9 Å². The maximum absolute atomic E-state index is 6.05. The molecule has 162 valence electrons. The normalized spacial score (nSPS) is 19.3.